The van der Waals surface area contributed by atoms with Crippen molar-refractivity contribution >= 4 is 16.7 Å². The highest BCUT2D eigenvalue weighted by Crippen LogP contribution is 2.34. The van der Waals surface area contributed by atoms with E-state index in [1.165, 1.54) is 0 Å². The molecule has 4 heterocycles. The largest absolute Gasteiger partial charge is 0.477 e. The number of aromatic nitrogens is 6. The van der Waals surface area contributed by atoms with Crippen LogP contribution in [0, 0.1) is 6.92 Å². The summed E-state index contributed by atoms with van der Waals surface area (Å²) in [4.78, 5) is 17.9. The minimum Gasteiger partial charge on any atom is -0.477 e. The van der Waals surface area contributed by atoms with Crippen molar-refractivity contribution < 1.29 is 4.74 Å². The fraction of sp³-hybridized carbons (Fsp3) is 0.318. The smallest absolute Gasteiger partial charge is 0.222 e. The highest BCUT2D eigenvalue weighted by atomic mass is 16.5. The molecule has 0 aromatic carbocycles. The maximum absolute atomic E-state index is 5.73. The lowest BCUT2D eigenvalue weighted by molar-refractivity contribution is 0.328. The first-order chi connectivity index (χ1) is 14.6. The van der Waals surface area contributed by atoms with Crippen molar-refractivity contribution in [2.45, 2.75) is 40.3 Å². The second-order valence-corrected chi connectivity index (χ2v) is 7.18. The number of fused-ring (bicyclic) bond motifs is 1. The van der Waals surface area contributed by atoms with Gasteiger partial charge >= 0.3 is 0 Å². The first kappa shape index (κ1) is 19.8. The Labute approximate surface area is 175 Å². The molecule has 0 bridgehead atoms. The van der Waals surface area contributed by atoms with Gasteiger partial charge in [0.15, 0.2) is 0 Å². The van der Waals surface area contributed by atoms with Gasteiger partial charge in [0.05, 0.1) is 35.8 Å². The van der Waals surface area contributed by atoms with Crippen molar-refractivity contribution in [3.8, 4) is 17.1 Å². The monoisotopic (exact) mass is 403 g/mol. The van der Waals surface area contributed by atoms with Gasteiger partial charge in [-0.2, -0.15) is 5.10 Å². The maximum Gasteiger partial charge on any atom is 0.222 e. The predicted molar refractivity (Wildman–Crippen MR) is 116 cm³/mol. The van der Waals surface area contributed by atoms with Gasteiger partial charge in [-0.15, -0.1) is 0 Å². The van der Waals surface area contributed by atoms with Gasteiger partial charge in [-0.05, 0) is 52.0 Å². The molecule has 0 saturated carbocycles. The van der Waals surface area contributed by atoms with Crippen molar-refractivity contribution in [2.24, 2.45) is 0 Å². The van der Waals surface area contributed by atoms with Crippen LogP contribution in [0.2, 0.25) is 0 Å². The molecule has 0 aliphatic carbocycles. The molecule has 4 rings (SSSR count). The third kappa shape index (κ3) is 3.80. The number of nitrogens with zero attached hydrogens (tertiary/aromatic N) is 6. The van der Waals surface area contributed by atoms with Crippen LogP contribution in [0.3, 0.4) is 0 Å². The van der Waals surface area contributed by atoms with E-state index in [4.69, 9.17) is 14.8 Å². The molecule has 8 heteroatoms. The van der Waals surface area contributed by atoms with E-state index >= 15 is 0 Å². The molecular formula is C22H25N7O. The van der Waals surface area contributed by atoms with Crippen molar-refractivity contribution in [1.82, 2.24) is 29.7 Å². The van der Waals surface area contributed by atoms with Crippen LogP contribution in [0.4, 0.5) is 5.69 Å². The van der Waals surface area contributed by atoms with E-state index in [-0.39, 0.29) is 6.04 Å². The van der Waals surface area contributed by atoms with Crippen LogP contribution in [0.25, 0.3) is 22.3 Å². The fourth-order valence-electron chi connectivity index (χ4n) is 3.36. The van der Waals surface area contributed by atoms with Crippen LogP contribution in [0.1, 0.15) is 38.3 Å². The number of aryl methyl sites for hydroxylation is 1. The topological polar surface area (TPSA) is 90.6 Å². The molecular weight excluding hydrogens is 378 g/mol. The van der Waals surface area contributed by atoms with Crippen molar-refractivity contribution in [2.75, 3.05) is 11.9 Å². The third-order valence-electron chi connectivity index (χ3n) is 4.70. The normalized spacial score (nSPS) is 11.2. The SMILES string of the molecule is CCOc1ncccc1-c1cc(NCc2ncccn2)c2c(n1)c(C)nn2C(C)C. The lowest BCUT2D eigenvalue weighted by Crippen LogP contribution is -2.08. The zero-order chi connectivity index (χ0) is 21.1. The molecule has 0 amide bonds. The van der Waals surface area contributed by atoms with E-state index in [1.54, 1.807) is 24.7 Å². The highest BCUT2D eigenvalue weighted by molar-refractivity contribution is 5.93. The number of hydrogen-bond donors (Lipinski definition) is 1. The third-order valence-corrected chi connectivity index (χ3v) is 4.70. The van der Waals surface area contributed by atoms with Crippen LogP contribution in [0.15, 0.2) is 42.9 Å². The van der Waals surface area contributed by atoms with Crippen LogP contribution in [0.5, 0.6) is 5.88 Å². The Morgan fingerprint density at radius 1 is 1.10 bits per heavy atom. The van der Waals surface area contributed by atoms with E-state index in [2.05, 4.69) is 34.1 Å². The average Bonchev–Trinajstić information content (AvgIpc) is 3.10. The Balaban J connectivity index is 1.86. The van der Waals surface area contributed by atoms with Gasteiger partial charge in [0, 0.05) is 24.6 Å². The fourth-order valence-corrected chi connectivity index (χ4v) is 3.36. The maximum atomic E-state index is 5.73. The van der Waals surface area contributed by atoms with E-state index < -0.39 is 0 Å². The van der Waals surface area contributed by atoms with Gasteiger partial charge < -0.3 is 10.1 Å². The number of ether oxygens (including phenoxy) is 1. The second-order valence-electron chi connectivity index (χ2n) is 7.18. The van der Waals surface area contributed by atoms with E-state index in [0.29, 0.717) is 24.9 Å². The Bertz CT molecular complexity index is 1160. The highest BCUT2D eigenvalue weighted by Gasteiger charge is 2.19. The number of anilines is 1. The number of hydrogen-bond acceptors (Lipinski definition) is 7. The zero-order valence-electron chi connectivity index (χ0n) is 17.6. The van der Waals surface area contributed by atoms with Crippen molar-refractivity contribution in [1.29, 1.82) is 0 Å². The van der Waals surface area contributed by atoms with E-state index in [0.717, 1.165) is 33.7 Å². The van der Waals surface area contributed by atoms with Crippen LogP contribution < -0.4 is 10.1 Å². The molecule has 0 spiro atoms. The number of nitrogens with one attached hydrogen (secondary N) is 1. The standard InChI is InChI=1S/C22H25N7O/c1-5-30-22-16(8-6-9-25-22)17-12-18(26-13-19-23-10-7-11-24-19)21-20(27-17)15(4)28-29(21)14(2)3/h6-12,14H,5,13H2,1-4H3,(H,26,27). The minimum absolute atomic E-state index is 0.194. The summed E-state index contributed by atoms with van der Waals surface area (Å²) in [5.41, 5.74) is 5.23. The molecule has 4 aromatic heterocycles. The van der Waals surface area contributed by atoms with Crippen molar-refractivity contribution in [3.63, 3.8) is 0 Å². The van der Waals surface area contributed by atoms with Crippen LogP contribution in [-0.2, 0) is 6.54 Å². The molecule has 0 fully saturated rings. The molecule has 0 aliphatic rings. The van der Waals surface area contributed by atoms with E-state index in [9.17, 15) is 0 Å². The first-order valence-corrected chi connectivity index (χ1v) is 10.1. The van der Waals surface area contributed by atoms with E-state index in [1.807, 2.05) is 36.7 Å². The molecule has 8 nitrogen and oxygen atoms in total. The van der Waals surface area contributed by atoms with Gasteiger partial charge in [0.25, 0.3) is 0 Å². The molecule has 4 aromatic rings. The molecule has 30 heavy (non-hydrogen) atoms. The first-order valence-electron chi connectivity index (χ1n) is 10.1. The van der Waals surface area contributed by atoms with Crippen LogP contribution in [-0.4, -0.2) is 36.3 Å². The summed E-state index contributed by atoms with van der Waals surface area (Å²) in [6.45, 7) is 9.17. The minimum atomic E-state index is 0.194. The second kappa shape index (κ2) is 8.44. The average molecular weight is 403 g/mol. The molecule has 1 N–H and O–H groups in total. The Morgan fingerprint density at radius 3 is 2.60 bits per heavy atom. The molecule has 0 saturated heterocycles. The molecule has 0 unspecified atom stereocenters. The van der Waals surface area contributed by atoms with Gasteiger partial charge in [-0.1, -0.05) is 0 Å². The summed E-state index contributed by atoms with van der Waals surface area (Å²) in [7, 11) is 0. The molecule has 0 atom stereocenters. The van der Waals surface area contributed by atoms with Crippen molar-refractivity contribution in [3.05, 3.63) is 54.4 Å². The summed E-state index contributed by atoms with van der Waals surface area (Å²) in [6.07, 6.45) is 5.20. The van der Waals surface area contributed by atoms with Gasteiger partial charge in [-0.25, -0.2) is 19.9 Å². The Hall–Kier alpha value is -3.55. The molecule has 0 aliphatic heterocycles. The Morgan fingerprint density at radius 2 is 1.87 bits per heavy atom. The predicted octanol–water partition coefficient (Wildman–Crippen LogP) is 4.18. The number of pyridine rings is 2. The lowest BCUT2D eigenvalue weighted by Gasteiger charge is -2.14. The molecule has 0 radical (unpaired) electrons. The van der Waals surface area contributed by atoms with Crippen LogP contribution >= 0.6 is 0 Å². The summed E-state index contributed by atoms with van der Waals surface area (Å²) >= 11 is 0. The van der Waals surface area contributed by atoms with Gasteiger partial charge in [0.1, 0.15) is 16.9 Å². The summed E-state index contributed by atoms with van der Waals surface area (Å²) < 4.78 is 7.74. The molecule has 154 valence electrons. The summed E-state index contributed by atoms with van der Waals surface area (Å²) in [5.74, 6) is 1.28. The quantitative estimate of drug-likeness (QED) is 0.495. The Kier molecular flexibility index (Phi) is 5.56. The van der Waals surface area contributed by atoms with Gasteiger partial charge in [0.2, 0.25) is 5.88 Å². The zero-order valence-corrected chi connectivity index (χ0v) is 17.6. The lowest BCUT2D eigenvalue weighted by atomic mass is 10.1. The summed E-state index contributed by atoms with van der Waals surface area (Å²) in [6, 6.07) is 7.88. The van der Waals surface area contributed by atoms with Gasteiger partial charge in [-0.3, -0.25) is 4.68 Å². The number of rotatable bonds is 7. The summed E-state index contributed by atoms with van der Waals surface area (Å²) in [5, 5.41) is 8.22.